The summed E-state index contributed by atoms with van der Waals surface area (Å²) in [6.07, 6.45) is 29.2. The molecule has 0 rings (SSSR count). The number of rotatable bonds is 22. The predicted octanol–water partition coefficient (Wildman–Crippen LogP) is 8.05. The van der Waals surface area contributed by atoms with Crippen LogP contribution in [0.15, 0.2) is 4.99 Å². The van der Waals surface area contributed by atoms with Gasteiger partial charge in [0.1, 0.15) is 0 Å². The Morgan fingerprint density at radius 3 is 1.00 bits per heavy atom. The first kappa shape index (κ1) is 25.7. The monoisotopic (exact) mass is 383 g/mol. The number of nitrogens with zero attached hydrogens (tertiary/aromatic N) is 1. The molecule has 0 aromatic heterocycles. The van der Waals surface area contributed by atoms with E-state index in [1.165, 1.54) is 122 Å². The van der Waals surface area contributed by atoms with Gasteiger partial charge in [-0.1, -0.05) is 116 Å². The zero-order valence-corrected chi connectivity index (χ0v) is 18.3. The zero-order valence-electron chi connectivity index (χ0n) is 17.4. The Labute approximate surface area is 169 Å². The molecule has 0 heterocycles. The molecule has 2 nitrogen and oxygen atoms in total. The van der Waals surface area contributed by atoms with E-state index >= 15 is 0 Å². The fourth-order valence-electron chi connectivity index (χ4n) is 3.53. The highest BCUT2D eigenvalue weighted by molar-refractivity contribution is 7.80. The minimum Gasteiger partial charge on any atom is -0.211 e. The first-order valence-corrected chi connectivity index (χ1v) is 12.2. The molecule has 0 saturated heterocycles. The van der Waals surface area contributed by atoms with Crippen molar-refractivity contribution < 1.29 is 4.79 Å². The van der Waals surface area contributed by atoms with Crippen molar-refractivity contribution in [2.75, 3.05) is 12.3 Å². The summed E-state index contributed by atoms with van der Waals surface area (Å²) in [5.41, 5.74) is 0. The quantitative estimate of drug-likeness (QED) is 0.0871. The summed E-state index contributed by atoms with van der Waals surface area (Å²) in [4.78, 5) is 13.5. The second kappa shape index (κ2) is 24.7. The van der Waals surface area contributed by atoms with Crippen molar-refractivity contribution in [1.82, 2.24) is 0 Å². The van der Waals surface area contributed by atoms with Crippen LogP contribution in [0.2, 0.25) is 0 Å². The minimum atomic E-state index is 0.667. The van der Waals surface area contributed by atoms with Gasteiger partial charge in [-0.2, -0.15) is 12.6 Å². The third-order valence-electron chi connectivity index (χ3n) is 5.24. The molecule has 0 fully saturated rings. The molecule has 26 heavy (non-hydrogen) atoms. The van der Waals surface area contributed by atoms with Gasteiger partial charge in [-0.05, 0) is 18.6 Å². The third kappa shape index (κ3) is 23.7. The summed E-state index contributed by atoms with van der Waals surface area (Å²) in [5, 5.41) is 0. The molecule has 0 aromatic rings. The van der Waals surface area contributed by atoms with E-state index in [0.717, 1.165) is 12.2 Å². The summed E-state index contributed by atoms with van der Waals surface area (Å²) in [6, 6.07) is 0. The van der Waals surface area contributed by atoms with Crippen LogP contribution in [0, 0.1) is 0 Å². The SMILES string of the molecule is O=C=NCCCCCCCCCCCCCCCCCCCCCCS. The first-order valence-electron chi connectivity index (χ1n) is 11.6. The van der Waals surface area contributed by atoms with E-state index in [4.69, 9.17) is 0 Å². The molecule has 154 valence electrons. The number of aliphatic imine (C=N–C) groups is 1. The van der Waals surface area contributed by atoms with Crippen LogP contribution in [-0.2, 0) is 4.79 Å². The van der Waals surface area contributed by atoms with Crippen LogP contribution in [0.25, 0.3) is 0 Å². The van der Waals surface area contributed by atoms with Crippen molar-refractivity contribution in [2.24, 2.45) is 4.99 Å². The van der Waals surface area contributed by atoms with Crippen molar-refractivity contribution in [3.05, 3.63) is 0 Å². The van der Waals surface area contributed by atoms with Crippen molar-refractivity contribution in [3.8, 4) is 0 Å². The molecule has 0 saturated carbocycles. The van der Waals surface area contributed by atoms with Gasteiger partial charge < -0.3 is 0 Å². The lowest BCUT2D eigenvalue weighted by atomic mass is 10.0. The highest BCUT2D eigenvalue weighted by Gasteiger charge is 1.95. The average molecular weight is 384 g/mol. The van der Waals surface area contributed by atoms with E-state index in [2.05, 4.69) is 17.6 Å². The van der Waals surface area contributed by atoms with E-state index < -0.39 is 0 Å². The molecule has 0 unspecified atom stereocenters. The lowest BCUT2D eigenvalue weighted by molar-refractivity contribution is 0.522. The Bertz CT molecular complexity index is 303. The number of hydrogen-bond acceptors (Lipinski definition) is 3. The molecule has 0 aromatic carbocycles. The van der Waals surface area contributed by atoms with E-state index in [9.17, 15) is 4.79 Å². The summed E-state index contributed by atoms with van der Waals surface area (Å²) in [6.45, 7) is 0.667. The fourth-order valence-corrected chi connectivity index (χ4v) is 3.75. The van der Waals surface area contributed by atoms with Crippen molar-refractivity contribution >= 4 is 18.7 Å². The lowest BCUT2D eigenvalue weighted by Gasteiger charge is -2.04. The molecule has 0 aliphatic carbocycles. The van der Waals surface area contributed by atoms with E-state index in [1.54, 1.807) is 6.08 Å². The van der Waals surface area contributed by atoms with E-state index in [0.29, 0.717) is 6.54 Å². The smallest absolute Gasteiger partial charge is 0.211 e. The molecular formula is C23H45NOS. The number of carbonyl (C=O) groups excluding carboxylic acids is 1. The van der Waals surface area contributed by atoms with Crippen LogP contribution in [0.5, 0.6) is 0 Å². The van der Waals surface area contributed by atoms with Crippen LogP contribution in [-0.4, -0.2) is 18.4 Å². The molecule has 0 amide bonds. The van der Waals surface area contributed by atoms with Gasteiger partial charge >= 0.3 is 0 Å². The number of unbranched alkanes of at least 4 members (excludes halogenated alkanes) is 19. The summed E-state index contributed by atoms with van der Waals surface area (Å²) in [5.74, 6) is 1.06. The molecule has 0 spiro atoms. The summed E-state index contributed by atoms with van der Waals surface area (Å²) >= 11 is 4.26. The Balaban J connectivity index is 2.97. The maximum absolute atomic E-state index is 9.92. The molecule has 0 atom stereocenters. The summed E-state index contributed by atoms with van der Waals surface area (Å²) in [7, 11) is 0. The van der Waals surface area contributed by atoms with Gasteiger partial charge in [-0.25, -0.2) is 9.79 Å². The lowest BCUT2D eigenvalue weighted by Crippen LogP contribution is -1.85. The largest absolute Gasteiger partial charge is 0.234 e. The second-order valence-corrected chi connectivity index (χ2v) is 8.21. The molecule has 0 aliphatic rings. The van der Waals surface area contributed by atoms with Crippen LogP contribution in [0.4, 0.5) is 0 Å². The fraction of sp³-hybridized carbons (Fsp3) is 0.957. The van der Waals surface area contributed by atoms with Crippen molar-refractivity contribution in [3.63, 3.8) is 0 Å². The number of hydrogen-bond donors (Lipinski definition) is 1. The predicted molar refractivity (Wildman–Crippen MR) is 119 cm³/mol. The Kier molecular flexibility index (Phi) is 24.5. The maximum atomic E-state index is 9.92. The normalized spacial score (nSPS) is 10.8. The van der Waals surface area contributed by atoms with Crippen LogP contribution in [0.1, 0.15) is 128 Å². The van der Waals surface area contributed by atoms with Gasteiger partial charge in [-0.3, -0.25) is 0 Å². The summed E-state index contributed by atoms with van der Waals surface area (Å²) < 4.78 is 0. The Morgan fingerprint density at radius 1 is 0.462 bits per heavy atom. The van der Waals surface area contributed by atoms with Gasteiger partial charge in [-0.15, -0.1) is 0 Å². The van der Waals surface area contributed by atoms with Crippen molar-refractivity contribution in [1.29, 1.82) is 0 Å². The van der Waals surface area contributed by atoms with Gasteiger partial charge in [0.15, 0.2) is 0 Å². The van der Waals surface area contributed by atoms with E-state index in [1.807, 2.05) is 0 Å². The average Bonchev–Trinajstić information content (AvgIpc) is 2.66. The second-order valence-electron chi connectivity index (χ2n) is 7.77. The number of isocyanates is 1. The molecule has 0 N–H and O–H groups in total. The van der Waals surface area contributed by atoms with Crippen molar-refractivity contribution in [2.45, 2.75) is 128 Å². The minimum absolute atomic E-state index is 0.667. The van der Waals surface area contributed by atoms with Gasteiger partial charge in [0.25, 0.3) is 0 Å². The molecule has 0 aliphatic heterocycles. The zero-order chi connectivity index (χ0) is 19.0. The molecule has 0 radical (unpaired) electrons. The van der Waals surface area contributed by atoms with Crippen LogP contribution in [0.3, 0.4) is 0 Å². The Morgan fingerprint density at radius 2 is 0.731 bits per heavy atom. The maximum Gasteiger partial charge on any atom is 0.234 e. The van der Waals surface area contributed by atoms with Gasteiger partial charge in [0.05, 0.1) is 6.54 Å². The van der Waals surface area contributed by atoms with E-state index in [-0.39, 0.29) is 0 Å². The first-order chi connectivity index (χ1) is 12.9. The number of thiol groups is 1. The molecular weight excluding hydrogens is 338 g/mol. The molecule has 3 heteroatoms. The van der Waals surface area contributed by atoms with Gasteiger partial charge in [0.2, 0.25) is 6.08 Å². The highest BCUT2D eigenvalue weighted by Crippen LogP contribution is 2.14. The van der Waals surface area contributed by atoms with Crippen LogP contribution >= 0.6 is 12.6 Å². The van der Waals surface area contributed by atoms with Gasteiger partial charge in [0, 0.05) is 0 Å². The standard InChI is InChI=1S/C23H45NOS/c25-23-24-21-19-17-15-13-11-9-7-5-3-1-2-4-6-8-10-12-14-16-18-20-22-26/h26H,1-22H2. The molecule has 0 bridgehead atoms. The van der Waals surface area contributed by atoms with Crippen LogP contribution < -0.4 is 0 Å². The highest BCUT2D eigenvalue weighted by atomic mass is 32.1. The Hall–Kier alpha value is -0.270. The topological polar surface area (TPSA) is 29.4 Å². The third-order valence-corrected chi connectivity index (χ3v) is 5.56.